The van der Waals surface area contributed by atoms with Crippen molar-refractivity contribution in [1.82, 2.24) is 0 Å². The molecule has 0 saturated carbocycles. The van der Waals surface area contributed by atoms with Gasteiger partial charge in [0.25, 0.3) is 0 Å². The van der Waals surface area contributed by atoms with Crippen LogP contribution < -0.4 is 11.1 Å². The molecule has 0 unspecified atom stereocenters. The second-order valence-electron chi connectivity index (χ2n) is 3.62. The quantitative estimate of drug-likeness (QED) is 0.831. The van der Waals surface area contributed by atoms with Crippen molar-refractivity contribution in [2.45, 2.75) is 6.92 Å². The summed E-state index contributed by atoms with van der Waals surface area (Å²) in [6, 6.07) is 9.55. The van der Waals surface area contributed by atoms with Gasteiger partial charge in [-0.05, 0) is 36.1 Å². The SMILES string of the molecule is CCOC(=O)Nc1cc(-c2cccs2)ccc1N. The van der Waals surface area contributed by atoms with Crippen molar-refractivity contribution >= 4 is 28.8 Å². The van der Waals surface area contributed by atoms with E-state index in [9.17, 15) is 4.79 Å². The van der Waals surface area contributed by atoms with E-state index in [1.165, 1.54) is 0 Å². The predicted molar refractivity (Wildman–Crippen MR) is 74.8 cm³/mol. The number of anilines is 2. The number of rotatable bonds is 3. The van der Waals surface area contributed by atoms with Gasteiger partial charge in [-0.1, -0.05) is 12.1 Å². The number of carbonyl (C=O) groups excluding carboxylic acids is 1. The smallest absolute Gasteiger partial charge is 0.411 e. The molecule has 5 heteroatoms. The Hall–Kier alpha value is -2.01. The lowest BCUT2D eigenvalue weighted by Gasteiger charge is -2.09. The molecule has 1 aromatic heterocycles. The molecular formula is C13H14N2O2S. The van der Waals surface area contributed by atoms with Crippen LogP contribution in [0.25, 0.3) is 10.4 Å². The summed E-state index contributed by atoms with van der Waals surface area (Å²) in [7, 11) is 0. The zero-order valence-corrected chi connectivity index (χ0v) is 10.8. The van der Waals surface area contributed by atoms with E-state index in [4.69, 9.17) is 10.5 Å². The van der Waals surface area contributed by atoms with Gasteiger partial charge in [-0.25, -0.2) is 4.79 Å². The number of benzene rings is 1. The molecule has 1 aromatic carbocycles. The van der Waals surface area contributed by atoms with E-state index in [0.29, 0.717) is 18.0 Å². The Kier molecular flexibility index (Phi) is 3.84. The van der Waals surface area contributed by atoms with Gasteiger partial charge in [0.2, 0.25) is 0 Å². The zero-order valence-electron chi connectivity index (χ0n) is 9.97. The lowest BCUT2D eigenvalue weighted by Crippen LogP contribution is -2.14. The molecule has 4 nitrogen and oxygen atoms in total. The van der Waals surface area contributed by atoms with Crippen LogP contribution in [-0.4, -0.2) is 12.7 Å². The van der Waals surface area contributed by atoms with Gasteiger partial charge in [0.15, 0.2) is 0 Å². The summed E-state index contributed by atoms with van der Waals surface area (Å²) in [5.41, 5.74) is 7.93. The minimum atomic E-state index is -0.493. The number of nitrogens with one attached hydrogen (secondary N) is 1. The first-order chi connectivity index (χ1) is 8.70. The number of carbonyl (C=O) groups is 1. The summed E-state index contributed by atoms with van der Waals surface area (Å²) in [6.07, 6.45) is -0.493. The molecule has 3 N–H and O–H groups in total. The number of thiophene rings is 1. The minimum absolute atomic E-state index is 0.330. The third kappa shape index (κ3) is 2.81. The van der Waals surface area contributed by atoms with Crippen LogP contribution in [-0.2, 0) is 4.74 Å². The molecule has 18 heavy (non-hydrogen) atoms. The molecule has 1 amide bonds. The molecule has 0 spiro atoms. The van der Waals surface area contributed by atoms with Gasteiger partial charge in [-0.2, -0.15) is 0 Å². The van der Waals surface area contributed by atoms with Gasteiger partial charge in [0, 0.05) is 4.88 Å². The van der Waals surface area contributed by atoms with E-state index in [2.05, 4.69) is 5.32 Å². The van der Waals surface area contributed by atoms with Crippen LogP contribution in [0.3, 0.4) is 0 Å². The van der Waals surface area contributed by atoms with Gasteiger partial charge < -0.3 is 10.5 Å². The summed E-state index contributed by atoms with van der Waals surface area (Å²) in [5.74, 6) is 0. The Morgan fingerprint density at radius 3 is 2.94 bits per heavy atom. The van der Waals surface area contributed by atoms with Gasteiger partial charge in [-0.15, -0.1) is 11.3 Å². The Morgan fingerprint density at radius 2 is 2.28 bits per heavy atom. The van der Waals surface area contributed by atoms with Gasteiger partial charge in [0.05, 0.1) is 18.0 Å². The van der Waals surface area contributed by atoms with Crippen LogP contribution in [0.5, 0.6) is 0 Å². The van der Waals surface area contributed by atoms with Gasteiger partial charge in [0.1, 0.15) is 0 Å². The van der Waals surface area contributed by atoms with E-state index in [1.807, 2.05) is 29.6 Å². The maximum absolute atomic E-state index is 11.4. The molecule has 0 fully saturated rings. The number of ether oxygens (including phenoxy) is 1. The fraction of sp³-hybridized carbons (Fsp3) is 0.154. The summed E-state index contributed by atoms with van der Waals surface area (Å²) in [6.45, 7) is 2.08. The van der Waals surface area contributed by atoms with Crippen molar-refractivity contribution in [3.8, 4) is 10.4 Å². The first-order valence-electron chi connectivity index (χ1n) is 5.58. The number of hydrogen-bond acceptors (Lipinski definition) is 4. The molecule has 1 heterocycles. The molecule has 94 valence electrons. The maximum atomic E-state index is 11.4. The molecular weight excluding hydrogens is 248 g/mol. The maximum Gasteiger partial charge on any atom is 0.411 e. The fourth-order valence-electron chi connectivity index (χ4n) is 1.54. The molecule has 0 aliphatic rings. The van der Waals surface area contributed by atoms with Crippen LogP contribution >= 0.6 is 11.3 Å². The normalized spacial score (nSPS) is 10.1. The summed E-state index contributed by atoms with van der Waals surface area (Å²) < 4.78 is 4.83. The Morgan fingerprint density at radius 1 is 1.44 bits per heavy atom. The van der Waals surface area contributed by atoms with Crippen LogP contribution in [0.4, 0.5) is 16.2 Å². The number of nitrogens with two attached hydrogens (primary N) is 1. The summed E-state index contributed by atoms with van der Waals surface area (Å²) in [5, 5.41) is 4.64. The Bertz CT molecular complexity index is 538. The van der Waals surface area contributed by atoms with E-state index in [1.54, 1.807) is 24.3 Å². The monoisotopic (exact) mass is 262 g/mol. The van der Waals surface area contributed by atoms with Crippen LogP contribution in [0, 0.1) is 0 Å². The minimum Gasteiger partial charge on any atom is -0.450 e. The topological polar surface area (TPSA) is 64.3 Å². The molecule has 0 aliphatic carbocycles. The highest BCUT2D eigenvalue weighted by molar-refractivity contribution is 7.13. The van der Waals surface area contributed by atoms with Gasteiger partial charge in [-0.3, -0.25) is 5.32 Å². The third-order valence-corrected chi connectivity index (χ3v) is 3.29. The number of amides is 1. The second kappa shape index (κ2) is 5.55. The first kappa shape index (κ1) is 12.4. The molecule has 0 atom stereocenters. The van der Waals surface area contributed by atoms with Gasteiger partial charge >= 0.3 is 6.09 Å². The summed E-state index contributed by atoms with van der Waals surface area (Å²) in [4.78, 5) is 12.5. The van der Waals surface area contributed by atoms with Crippen molar-refractivity contribution in [1.29, 1.82) is 0 Å². The predicted octanol–water partition coefficient (Wildman–Crippen LogP) is 3.57. The zero-order chi connectivity index (χ0) is 13.0. The van der Waals surface area contributed by atoms with E-state index in [0.717, 1.165) is 10.4 Å². The van der Waals surface area contributed by atoms with Crippen molar-refractivity contribution in [3.63, 3.8) is 0 Å². The lowest BCUT2D eigenvalue weighted by atomic mass is 10.1. The van der Waals surface area contributed by atoms with Crippen LogP contribution in [0.2, 0.25) is 0 Å². The van der Waals surface area contributed by atoms with Crippen molar-refractivity contribution in [2.24, 2.45) is 0 Å². The van der Waals surface area contributed by atoms with Crippen molar-refractivity contribution < 1.29 is 9.53 Å². The molecule has 0 aliphatic heterocycles. The standard InChI is InChI=1S/C13H14N2O2S/c1-2-17-13(16)15-11-8-9(5-6-10(11)14)12-4-3-7-18-12/h3-8H,2,14H2,1H3,(H,15,16). The average Bonchev–Trinajstić information content (AvgIpc) is 2.86. The van der Waals surface area contributed by atoms with Crippen molar-refractivity contribution in [2.75, 3.05) is 17.7 Å². The van der Waals surface area contributed by atoms with Crippen LogP contribution in [0.15, 0.2) is 35.7 Å². The van der Waals surface area contributed by atoms with E-state index < -0.39 is 6.09 Å². The molecule has 0 bridgehead atoms. The first-order valence-corrected chi connectivity index (χ1v) is 6.46. The lowest BCUT2D eigenvalue weighted by molar-refractivity contribution is 0.168. The van der Waals surface area contributed by atoms with Crippen LogP contribution in [0.1, 0.15) is 6.92 Å². The highest BCUT2D eigenvalue weighted by Gasteiger charge is 2.07. The Labute approximate surface area is 109 Å². The summed E-state index contributed by atoms with van der Waals surface area (Å²) >= 11 is 1.63. The molecule has 0 saturated heterocycles. The molecule has 2 rings (SSSR count). The number of nitrogen functional groups attached to an aromatic ring is 1. The molecule has 2 aromatic rings. The number of hydrogen-bond donors (Lipinski definition) is 2. The second-order valence-corrected chi connectivity index (χ2v) is 4.57. The fourth-order valence-corrected chi connectivity index (χ4v) is 2.26. The van der Waals surface area contributed by atoms with Crippen molar-refractivity contribution in [3.05, 3.63) is 35.7 Å². The van der Waals surface area contributed by atoms with E-state index in [-0.39, 0.29) is 0 Å². The largest absolute Gasteiger partial charge is 0.450 e. The van der Waals surface area contributed by atoms with E-state index >= 15 is 0 Å². The average molecular weight is 262 g/mol. The highest BCUT2D eigenvalue weighted by Crippen LogP contribution is 2.30. The Balaban J connectivity index is 2.24. The highest BCUT2D eigenvalue weighted by atomic mass is 32.1. The third-order valence-electron chi connectivity index (χ3n) is 2.37. The molecule has 0 radical (unpaired) electrons.